The second kappa shape index (κ2) is 8.10. The van der Waals surface area contributed by atoms with Crippen LogP contribution in [-0.4, -0.2) is 41.6 Å². The van der Waals surface area contributed by atoms with Crippen LogP contribution in [0.4, 0.5) is 0 Å². The lowest BCUT2D eigenvalue weighted by Gasteiger charge is -2.20. The van der Waals surface area contributed by atoms with E-state index in [1.807, 2.05) is 37.3 Å². The first-order valence-electron chi connectivity index (χ1n) is 10.4. The Labute approximate surface area is 193 Å². The van der Waals surface area contributed by atoms with Crippen molar-refractivity contribution in [2.75, 3.05) is 0 Å². The SMILES string of the molecule is CCC1=NN2C(=N)/C(=C/c3c(-c4ccccc4)nc4sc(CC(C)C)nn34)C(=O)N=C2S1. The van der Waals surface area contributed by atoms with Gasteiger partial charge in [-0.25, -0.2) is 9.50 Å². The summed E-state index contributed by atoms with van der Waals surface area (Å²) < 4.78 is 1.77. The van der Waals surface area contributed by atoms with Crippen LogP contribution in [0.5, 0.6) is 0 Å². The van der Waals surface area contributed by atoms with Crippen LogP contribution in [0.3, 0.4) is 0 Å². The first kappa shape index (κ1) is 20.8. The average Bonchev–Trinajstić information content (AvgIpc) is 3.44. The number of carbonyl (C=O) groups is 1. The van der Waals surface area contributed by atoms with E-state index < -0.39 is 5.91 Å². The van der Waals surface area contributed by atoms with Crippen molar-refractivity contribution in [1.29, 1.82) is 5.41 Å². The molecule has 5 rings (SSSR count). The van der Waals surface area contributed by atoms with Gasteiger partial charge in [-0.15, -0.1) is 0 Å². The van der Waals surface area contributed by atoms with E-state index in [2.05, 4.69) is 23.9 Å². The third kappa shape index (κ3) is 3.59. The number of amidine groups is 2. The van der Waals surface area contributed by atoms with Gasteiger partial charge >= 0.3 is 0 Å². The number of nitrogens with zero attached hydrogens (tertiary/aromatic N) is 6. The van der Waals surface area contributed by atoms with Gasteiger partial charge in [0.15, 0.2) is 5.84 Å². The highest BCUT2D eigenvalue weighted by Crippen LogP contribution is 2.32. The molecule has 0 spiro atoms. The Morgan fingerprint density at radius 2 is 2.00 bits per heavy atom. The van der Waals surface area contributed by atoms with Crippen molar-refractivity contribution in [3.8, 4) is 11.3 Å². The quantitative estimate of drug-likeness (QED) is 0.554. The smallest absolute Gasteiger partial charge is 0.282 e. The number of rotatable bonds is 5. The maximum absolute atomic E-state index is 12.9. The third-order valence-electron chi connectivity index (χ3n) is 4.99. The summed E-state index contributed by atoms with van der Waals surface area (Å²) in [4.78, 5) is 22.6. The normalized spacial score (nSPS) is 17.5. The van der Waals surface area contributed by atoms with Crippen LogP contribution in [0.25, 0.3) is 22.3 Å². The molecule has 0 bridgehead atoms. The molecule has 3 aromatic rings. The van der Waals surface area contributed by atoms with E-state index in [-0.39, 0.29) is 11.4 Å². The summed E-state index contributed by atoms with van der Waals surface area (Å²) in [6.45, 7) is 6.29. The van der Waals surface area contributed by atoms with E-state index in [4.69, 9.17) is 15.5 Å². The zero-order valence-electron chi connectivity index (χ0n) is 17.9. The molecule has 0 atom stereocenters. The summed E-state index contributed by atoms with van der Waals surface area (Å²) >= 11 is 2.88. The lowest BCUT2D eigenvalue weighted by Crippen LogP contribution is -2.35. The molecule has 32 heavy (non-hydrogen) atoms. The van der Waals surface area contributed by atoms with Crippen LogP contribution in [-0.2, 0) is 11.2 Å². The van der Waals surface area contributed by atoms with E-state index in [1.54, 1.807) is 21.9 Å². The Balaban J connectivity index is 1.66. The predicted octanol–water partition coefficient (Wildman–Crippen LogP) is 4.69. The summed E-state index contributed by atoms with van der Waals surface area (Å²) in [5.74, 6) is 0.0378. The molecule has 2 aromatic heterocycles. The molecule has 1 amide bonds. The van der Waals surface area contributed by atoms with Crippen LogP contribution < -0.4 is 0 Å². The molecule has 10 heteroatoms. The summed E-state index contributed by atoms with van der Waals surface area (Å²) in [5, 5.41) is 21.5. The molecular formula is C22H21N7OS2. The lowest BCUT2D eigenvalue weighted by molar-refractivity contribution is -0.114. The number of aromatic nitrogens is 3. The van der Waals surface area contributed by atoms with Gasteiger partial charge in [0, 0.05) is 12.0 Å². The number of amides is 1. The summed E-state index contributed by atoms with van der Waals surface area (Å²) in [5.41, 5.74) is 2.48. The second-order valence-electron chi connectivity index (χ2n) is 7.87. The van der Waals surface area contributed by atoms with Crippen molar-refractivity contribution in [1.82, 2.24) is 19.6 Å². The molecule has 1 N–H and O–H groups in total. The average molecular weight is 464 g/mol. The molecule has 2 aliphatic rings. The highest BCUT2D eigenvalue weighted by Gasteiger charge is 2.35. The topological polar surface area (TPSA) is 99.1 Å². The Kier molecular flexibility index (Phi) is 5.26. The fourth-order valence-electron chi connectivity index (χ4n) is 3.48. The highest BCUT2D eigenvalue weighted by atomic mass is 32.2. The molecule has 2 aliphatic heterocycles. The fraction of sp³-hybridized carbons (Fsp3) is 0.273. The monoisotopic (exact) mass is 463 g/mol. The minimum atomic E-state index is -0.451. The zero-order valence-corrected chi connectivity index (χ0v) is 19.5. The number of thioether (sulfide) groups is 1. The van der Waals surface area contributed by atoms with Crippen molar-refractivity contribution in [3.63, 3.8) is 0 Å². The first-order chi connectivity index (χ1) is 15.4. The van der Waals surface area contributed by atoms with Gasteiger partial charge in [-0.1, -0.05) is 62.4 Å². The standard InChI is InChI=1S/C22H21N7OS2/c1-4-16-26-29-19(23)14(20(30)25-22(29)31-16)11-15-18(13-8-6-5-7-9-13)24-21-28(15)27-17(32-21)10-12(2)3/h5-9,11-12,23H,4,10H2,1-3H3/b14-11-,23-19?. The van der Waals surface area contributed by atoms with Gasteiger partial charge < -0.3 is 0 Å². The predicted molar refractivity (Wildman–Crippen MR) is 130 cm³/mol. The van der Waals surface area contributed by atoms with Crippen molar-refractivity contribution >= 4 is 56.1 Å². The molecule has 0 saturated carbocycles. The molecule has 0 unspecified atom stereocenters. The molecule has 0 radical (unpaired) electrons. The number of imidazole rings is 1. The van der Waals surface area contributed by atoms with Crippen molar-refractivity contribution in [2.45, 2.75) is 33.6 Å². The van der Waals surface area contributed by atoms with Crippen LogP contribution in [0, 0.1) is 11.3 Å². The highest BCUT2D eigenvalue weighted by molar-refractivity contribution is 8.26. The number of carbonyl (C=O) groups excluding carboxylic acids is 1. The van der Waals surface area contributed by atoms with Gasteiger partial charge in [-0.2, -0.15) is 20.2 Å². The Morgan fingerprint density at radius 3 is 2.72 bits per heavy atom. The maximum Gasteiger partial charge on any atom is 0.283 e. The van der Waals surface area contributed by atoms with Crippen LogP contribution >= 0.6 is 23.1 Å². The van der Waals surface area contributed by atoms with E-state index in [9.17, 15) is 4.79 Å². The molecular weight excluding hydrogens is 442 g/mol. The van der Waals surface area contributed by atoms with Gasteiger partial charge in [-0.3, -0.25) is 10.2 Å². The van der Waals surface area contributed by atoms with Crippen LogP contribution in [0.15, 0.2) is 46.0 Å². The molecule has 0 aliphatic carbocycles. The van der Waals surface area contributed by atoms with E-state index in [0.717, 1.165) is 39.1 Å². The molecule has 0 saturated heterocycles. The maximum atomic E-state index is 12.9. The third-order valence-corrected chi connectivity index (χ3v) is 6.97. The lowest BCUT2D eigenvalue weighted by atomic mass is 10.1. The Hall–Kier alpha value is -3.11. The zero-order chi connectivity index (χ0) is 22.4. The molecule has 1 aromatic carbocycles. The number of hydrogen-bond donors (Lipinski definition) is 1. The minimum absolute atomic E-state index is 0.0162. The number of nitrogens with one attached hydrogen (secondary N) is 1. The number of benzene rings is 1. The van der Waals surface area contributed by atoms with Crippen molar-refractivity contribution < 1.29 is 4.79 Å². The number of fused-ring (bicyclic) bond motifs is 2. The Bertz CT molecular complexity index is 1330. The number of aliphatic imine (C=N–C) groups is 1. The molecule has 0 fully saturated rings. The second-order valence-corrected chi connectivity index (χ2v) is 9.95. The Morgan fingerprint density at radius 1 is 1.22 bits per heavy atom. The fourth-order valence-corrected chi connectivity index (χ4v) is 5.42. The summed E-state index contributed by atoms with van der Waals surface area (Å²) in [6.07, 6.45) is 3.25. The largest absolute Gasteiger partial charge is 0.283 e. The van der Waals surface area contributed by atoms with E-state index in [1.165, 1.54) is 16.8 Å². The molecule has 8 nitrogen and oxygen atoms in total. The van der Waals surface area contributed by atoms with Gasteiger partial charge in [-0.05, 0) is 30.2 Å². The van der Waals surface area contributed by atoms with E-state index >= 15 is 0 Å². The van der Waals surface area contributed by atoms with Crippen LogP contribution in [0.1, 0.15) is 37.9 Å². The number of hydrogen-bond acceptors (Lipinski definition) is 7. The number of hydrazone groups is 1. The molecule has 162 valence electrons. The molecule has 4 heterocycles. The van der Waals surface area contributed by atoms with Crippen molar-refractivity contribution in [2.24, 2.45) is 16.0 Å². The van der Waals surface area contributed by atoms with Gasteiger partial charge in [0.2, 0.25) is 10.1 Å². The van der Waals surface area contributed by atoms with Gasteiger partial charge in [0.1, 0.15) is 10.1 Å². The van der Waals surface area contributed by atoms with Gasteiger partial charge in [0.25, 0.3) is 5.91 Å². The summed E-state index contributed by atoms with van der Waals surface area (Å²) in [6, 6.07) is 9.80. The van der Waals surface area contributed by atoms with E-state index in [0.29, 0.717) is 16.8 Å². The first-order valence-corrected chi connectivity index (χ1v) is 12.0. The van der Waals surface area contributed by atoms with Gasteiger partial charge in [0.05, 0.1) is 17.0 Å². The van der Waals surface area contributed by atoms with Crippen molar-refractivity contribution in [3.05, 3.63) is 46.6 Å². The van der Waals surface area contributed by atoms with Crippen LogP contribution in [0.2, 0.25) is 0 Å². The minimum Gasteiger partial charge on any atom is -0.282 e. The summed E-state index contributed by atoms with van der Waals surface area (Å²) in [7, 11) is 0.